The molecule has 1 amide bonds. The second kappa shape index (κ2) is 8.66. The summed E-state index contributed by atoms with van der Waals surface area (Å²) in [6.45, 7) is -0.234. The minimum atomic E-state index is -0.906. The van der Waals surface area contributed by atoms with E-state index in [1.54, 1.807) is 6.07 Å². The minimum absolute atomic E-state index is 0.0254. The summed E-state index contributed by atoms with van der Waals surface area (Å²) in [4.78, 5) is 18.4. The van der Waals surface area contributed by atoms with Gasteiger partial charge in [0.05, 0.1) is 23.0 Å². The number of nitrogens with zero attached hydrogens (tertiary/aromatic N) is 2. The number of aromatic nitrogens is 2. The fourth-order valence-electron chi connectivity index (χ4n) is 2.31. The van der Waals surface area contributed by atoms with E-state index in [2.05, 4.69) is 15.3 Å². The smallest absolute Gasteiger partial charge is 0.273 e. The Labute approximate surface area is 178 Å². The third kappa shape index (κ3) is 4.43. The topological polar surface area (TPSA) is 90.8 Å². The van der Waals surface area contributed by atoms with Gasteiger partial charge < -0.3 is 15.0 Å². The summed E-state index contributed by atoms with van der Waals surface area (Å²) in [6, 6.07) is 6.48. The molecule has 2 aromatic carbocycles. The van der Waals surface area contributed by atoms with Gasteiger partial charge in [-0.25, -0.2) is 13.8 Å². The zero-order valence-electron chi connectivity index (χ0n) is 14.2. The van der Waals surface area contributed by atoms with Gasteiger partial charge in [0.2, 0.25) is 0 Å². The van der Waals surface area contributed by atoms with Gasteiger partial charge in [0, 0.05) is 18.2 Å². The van der Waals surface area contributed by atoms with Crippen molar-refractivity contribution in [3.63, 3.8) is 0 Å². The van der Waals surface area contributed by atoms with E-state index in [4.69, 9.17) is 44.8 Å². The first-order valence-corrected chi connectivity index (χ1v) is 8.96. The molecule has 0 fully saturated rings. The van der Waals surface area contributed by atoms with Crippen molar-refractivity contribution in [3.05, 3.63) is 74.2 Å². The Hall–Kier alpha value is -2.86. The second-order valence-electron chi connectivity index (χ2n) is 5.58. The molecule has 0 aliphatic rings. The molecule has 0 saturated heterocycles. The first-order valence-electron chi connectivity index (χ1n) is 7.82. The van der Waals surface area contributed by atoms with Gasteiger partial charge in [-0.3, -0.25) is 4.79 Å². The Morgan fingerprint density at radius 1 is 1.28 bits per heavy atom. The van der Waals surface area contributed by atoms with Crippen molar-refractivity contribution in [2.45, 2.75) is 6.54 Å². The Bertz CT molecular complexity index is 1140. The first kappa shape index (κ1) is 20.9. The number of rotatable bonds is 5. The van der Waals surface area contributed by atoms with Gasteiger partial charge in [0.1, 0.15) is 16.0 Å². The highest BCUT2D eigenvalue weighted by atomic mass is 35.5. The number of nitrogens with one attached hydrogen (secondary N) is 2. The number of benzene rings is 2. The quantitative estimate of drug-likeness (QED) is 0.548. The van der Waals surface area contributed by atoms with Gasteiger partial charge >= 0.3 is 0 Å². The zero-order valence-corrected chi connectivity index (χ0v) is 16.5. The van der Waals surface area contributed by atoms with Crippen LogP contribution in [0.3, 0.4) is 0 Å². The normalized spacial score (nSPS) is 10.5. The van der Waals surface area contributed by atoms with Gasteiger partial charge in [-0.1, -0.05) is 40.9 Å². The van der Waals surface area contributed by atoms with Crippen molar-refractivity contribution in [1.29, 1.82) is 5.26 Å². The fraction of sp³-hybridized carbons (Fsp3) is 0.0556. The van der Waals surface area contributed by atoms with Crippen molar-refractivity contribution in [1.82, 2.24) is 15.3 Å². The van der Waals surface area contributed by atoms with Gasteiger partial charge in [0.25, 0.3) is 5.91 Å². The molecular formula is C18H9Cl3F2N4O2. The van der Waals surface area contributed by atoms with E-state index < -0.39 is 28.3 Å². The maximum absolute atomic E-state index is 14.9. The molecule has 0 aliphatic heterocycles. The maximum Gasteiger partial charge on any atom is 0.273 e. The van der Waals surface area contributed by atoms with Crippen LogP contribution in [0.5, 0.6) is 11.5 Å². The van der Waals surface area contributed by atoms with Crippen LogP contribution in [0, 0.1) is 23.0 Å². The van der Waals surface area contributed by atoms with E-state index in [1.807, 2.05) is 0 Å². The number of ether oxygens (including phenoxy) is 1. The molecule has 1 heterocycles. The monoisotopic (exact) mass is 456 g/mol. The predicted molar refractivity (Wildman–Crippen MR) is 102 cm³/mol. The van der Waals surface area contributed by atoms with E-state index in [0.29, 0.717) is 0 Å². The van der Waals surface area contributed by atoms with Crippen LogP contribution < -0.4 is 10.1 Å². The average molecular weight is 458 g/mol. The predicted octanol–water partition coefficient (Wildman–Crippen LogP) is 5.24. The molecule has 0 saturated carbocycles. The lowest BCUT2D eigenvalue weighted by Crippen LogP contribution is -2.24. The number of amides is 1. The SMILES string of the molecule is N#Cc1cc(F)c(Cl)c(Oc2c(Cl)ccc(CNC(=O)c3nc[nH]c3Cl)c2F)c1. The molecule has 0 radical (unpaired) electrons. The molecule has 6 nitrogen and oxygen atoms in total. The lowest BCUT2D eigenvalue weighted by atomic mass is 10.2. The number of aromatic amines is 1. The van der Waals surface area contributed by atoms with Crippen LogP contribution in [0.25, 0.3) is 0 Å². The first-order chi connectivity index (χ1) is 13.8. The van der Waals surface area contributed by atoms with E-state index >= 15 is 0 Å². The number of hydrogen-bond donors (Lipinski definition) is 2. The van der Waals surface area contributed by atoms with Crippen molar-refractivity contribution in [2.24, 2.45) is 0 Å². The molecular weight excluding hydrogens is 449 g/mol. The lowest BCUT2D eigenvalue weighted by molar-refractivity contribution is 0.0946. The van der Waals surface area contributed by atoms with E-state index in [1.165, 1.54) is 18.5 Å². The Kier molecular flexibility index (Phi) is 6.23. The van der Waals surface area contributed by atoms with E-state index in [-0.39, 0.29) is 39.3 Å². The lowest BCUT2D eigenvalue weighted by Gasteiger charge is -2.13. The number of halogens is 5. The Morgan fingerprint density at radius 3 is 2.69 bits per heavy atom. The van der Waals surface area contributed by atoms with Crippen molar-refractivity contribution in [2.75, 3.05) is 0 Å². The summed E-state index contributed by atoms with van der Waals surface area (Å²) >= 11 is 17.6. The van der Waals surface area contributed by atoms with Crippen LogP contribution in [0.4, 0.5) is 8.78 Å². The number of carbonyl (C=O) groups is 1. The number of hydrogen-bond acceptors (Lipinski definition) is 4. The summed E-state index contributed by atoms with van der Waals surface area (Å²) in [5.41, 5.74) is -0.0942. The van der Waals surface area contributed by atoms with Crippen LogP contribution in [0.1, 0.15) is 21.6 Å². The van der Waals surface area contributed by atoms with E-state index in [0.717, 1.165) is 12.1 Å². The van der Waals surface area contributed by atoms with Gasteiger partial charge in [0.15, 0.2) is 23.0 Å². The number of carbonyl (C=O) groups excluding carboxylic acids is 1. The highest BCUT2D eigenvalue weighted by molar-refractivity contribution is 6.33. The zero-order chi connectivity index (χ0) is 21.1. The molecule has 0 bridgehead atoms. The molecule has 2 N–H and O–H groups in total. The molecule has 3 rings (SSSR count). The van der Waals surface area contributed by atoms with Crippen molar-refractivity contribution >= 4 is 40.7 Å². The molecule has 0 unspecified atom stereocenters. The molecule has 29 heavy (non-hydrogen) atoms. The Morgan fingerprint density at radius 2 is 2.03 bits per heavy atom. The number of imidazole rings is 1. The number of nitriles is 1. The molecule has 0 aliphatic carbocycles. The number of H-pyrrole nitrogens is 1. The van der Waals surface area contributed by atoms with Gasteiger partial charge in [-0.2, -0.15) is 5.26 Å². The highest BCUT2D eigenvalue weighted by Gasteiger charge is 2.20. The molecule has 3 aromatic rings. The van der Waals surface area contributed by atoms with E-state index in [9.17, 15) is 13.6 Å². The summed E-state index contributed by atoms with van der Waals surface area (Å²) in [5, 5.41) is 10.9. The Balaban J connectivity index is 1.86. The van der Waals surface area contributed by atoms with Crippen molar-refractivity contribution < 1.29 is 18.3 Å². The van der Waals surface area contributed by atoms with Gasteiger partial charge in [-0.05, 0) is 12.1 Å². The summed E-state index contributed by atoms with van der Waals surface area (Å²) in [7, 11) is 0. The van der Waals surface area contributed by atoms with Gasteiger partial charge in [-0.15, -0.1) is 0 Å². The maximum atomic E-state index is 14.9. The average Bonchev–Trinajstić information content (AvgIpc) is 3.13. The molecule has 11 heteroatoms. The highest BCUT2D eigenvalue weighted by Crippen LogP contribution is 2.38. The molecule has 0 spiro atoms. The third-order valence-corrected chi connectivity index (χ3v) is 4.66. The summed E-state index contributed by atoms with van der Waals surface area (Å²) < 4.78 is 34.1. The third-order valence-electron chi connectivity index (χ3n) is 3.71. The molecule has 148 valence electrons. The van der Waals surface area contributed by atoms with Crippen LogP contribution in [-0.2, 0) is 6.54 Å². The minimum Gasteiger partial charge on any atom is -0.451 e. The second-order valence-corrected chi connectivity index (χ2v) is 6.74. The fourth-order valence-corrected chi connectivity index (χ4v) is 2.83. The van der Waals surface area contributed by atoms with Crippen LogP contribution in [0.15, 0.2) is 30.6 Å². The van der Waals surface area contributed by atoms with Crippen LogP contribution in [0.2, 0.25) is 15.2 Å². The molecule has 1 aromatic heterocycles. The van der Waals surface area contributed by atoms with Crippen LogP contribution in [-0.4, -0.2) is 15.9 Å². The molecule has 0 atom stereocenters. The van der Waals surface area contributed by atoms with Crippen molar-refractivity contribution in [3.8, 4) is 17.6 Å². The summed E-state index contributed by atoms with van der Waals surface area (Å²) in [5.74, 6) is -3.15. The van der Waals surface area contributed by atoms with Crippen LogP contribution >= 0.6 is 34.8 Å². The standard InChI is InChI=1S/C18H9Cl3F2N4O2/c19-10-2-1-9(6-25-18(28)15-17(21)27-7-26-15)14(23)16(10)29-12-4-8(5-24)3-11(22)13(12)20/h1-4,7H,6H2,(H,25,28)(H,26,27). The largest absolute Gasteiger partial charge is 0.451 e. The summed E-state index contributed by atoms with van der Waals surface area (Å²) in [6.07, 6.45) is 1.24.